The van der Waals surface area contributed by atoms with Gasteiger partial charge in [-0.3, -0.25) is 4.79 Å². The predicted octanol–water partition coefficient (Wildman–Crippen LogP) is 3.50. The van der Waals surface area contributed by atoms with E-state index < -0.39 is 26.7 Å². The Morgan fingerprint density at radius 3 is 2.05 bits per heavy atom. The van der Waals surface area contributed by atoms with Crippen LogP contribution in [0.3, 0.4) is 0 Å². The average Bonchev–Trinajstić information content (AvgIpc) is 2.24. The topological polar surface area (TPSA) is 60.4 Å². The van der Waals surface area contributed by atoms with Gasteiger partial charge in [-0.25, -0.2) is 8.42 Å². The molecule has 0 saturated heterocycles. The van der Waals surface area contributed by atoms with Gasteiger partial charge in [0.05, 0.1) is 10.0 Å². The van der Waals surface area contributed by atoms with Crippen LogP contribution >= 0.6 is 23.2 Å². The summed E-state index contributed by atoms with van der Waals surface area (Å²) in [7, 11) is -4.01. The SMILES string of the molecule is CC(C(=O)OC(C)(C)C)S(=O)(=O)c1c(Cl)cccc1Cl. The summed E-state index contributed by atoms with van der Waals surface area (Å²) in [5, 5.41) is -1.43. The van der Waals surface area contributed by atoms with E-state index in [1.165, 1.54) is 25.1 Å². The van der Waals surface area contributed by atoms with Crippen molar-refractivity contribution in [1.29, 1.82) is 0 Å². The summed E-state index contributed by atoms with van der Waals surface area (Å²) in [6.07, 6.45) is 0. The summed E-state index contributed by atoms with van der Waals surface area (Å²) in [4.78, 5) is 11.7. The molecule has 0 aliphatic rings. The first-order valence-electron chi connectivity index (χ1n) is 5.87. The number of hydrogen-bond acceptors (Lipinski definition) is 4. The first-order chi connectivity index (χ1) is 8.97. The summed E-state index contributed by atoms with van der Waals surface area (Å²) in [5.74, 6) is -0.839. The van der Waals surface area contributed by atoms with Crippen LogP contribution in [-0.2, 0) is 19.4 Å². The highest BCUT2D eigenvalue weighted by Crippen LogP contribution is 2.32. The van der Waals surface area contributed by atoms with Crippen molar-refractivity contribution < 1.29 is 17.9 Å². The molecule has 20 heavy (non-hydrogen) atoms. The molecule has 0 heterocycles. The number of carbonyl (C=O) groups is 1. The van der Waals surface area contributed by atoms with E-state index >= 15 is 0 Å². The molecule has 7 heteroatoms. The highest BCUT2D eigenvalue weighted by molar-refractivity contribution is 7.93. The van der Waals surface area contributed by atoms with E-state index in [1.807, 2.05) is 0 Å². The quantitative estimate of drug-likeness (QED) is 0.791. The Morgan fingerprint density at radius 1 is 1.20 bits per heavy atom. The van der Waals surface area contributed by atoms with Gasteiger partial charge >= 0.3 is 5.97 Å². The minimum absolute atomic E-state index is 0.0205. The first-order valence-corrected chi connectivity index (χ1v) is 8.18. The summed E-state index contributed by atoms with van der Waals surface area (Å²) in [6.45, 7) is 6.23. The number of hydrogen-bond donors (Lipinski definition) is 0. The number of rotatable bonds is 3. The van der Waals surface area contributed by atoms with Gasteiger partial charge in [0.1, 0.15) is 10.5 Å². The Balaban J connectivity index is 3.21. The van der Waals surface area contributed by atoms with Gasteiger partial charge in [-0.05, 0) is 39.8 Å². The highest BCUT2D eigenvalue weighted by atomic mass is 35.5. The fourth-order valence-electron chi connectivity index (χ4n) is 1.44. The third-order valence-corrected chi connectivity index (χ3v) is 5.39. The van der Waals surface area contributed by atoms with Crippen LogP contribution in [0.1, 0.15) is 27.7 Å². The van der Waals surface area contributed by atoms with Crippen molar-refractivity contribution in [1.82, 2.24) is 0 Å². The third-order valence-electron chi connectivity index (χ3n) is 2.41. The molecule has 1 aromatic rings. The monoisotopic (exact) mass is 338 g/mol. The van der Waals surface area contributed by atoms with Gasteiger partial charge < -0.3 is 4.74 Å². The van der Waals surface area contributed by atoms with Gasteiger partial charge in [-0.1, -0.05) is 29.3 Å². The minimum atomic E-state index is -4.01. The number of sulfone groups is 1. The van der Waals surface area contributed by atoms with Crippen molar-refractivity contribution in [2.75, 3.05) is 0 Å². The molecule has 0 bridgehead atoms. The molecular formula is C13H16Cl2O4S. The number of carbonyl (C=O) groups excluding carboxylic acids is 1. The molecule has 0 aliphatic heterocycles. The van der Waals surface area contributed by atoms with Gasteiger partial charge in [0, 0.05) is 0 Å². The van der Waals surface area contributed by atoms with Crippen LogP contribution in [0.4, 0.5) is 0 Å². The Bertz CT molecular complexity index is 597. The molecule has 0 N–H and O–H groups in total. The number of benzene rings is 1. The van der Waals surface area contributed by atoms with Crippen molar-refractivity contribution in [3.8, 4) is 0 Å². The zero-order valence-corrected chi connectivity index (χ0v) is 13.9. The zero-order valence-electron chi connectivity index (χ0n) is 11.6. The van der Waals surface area contributed by atoms with Gasteiger partial charge in [0.15, 0.2) is 15.1 Å². The summed E-state index contributed by atoms with van der Waals surface area (Å²) in [5.41, 5.74) is -0.773. The van der Waals surface area contributed by atoms with Gasteiger partial charge in [0.2, 0.25) is 0 Å². The molecule has 1 unspecified atom stereocenters. The maximum absolute atomic E-state index is 12.4. The van der Waals surface area contributed by atoms with Crippen LogP contribution < -0.4 is 0 Å². The fraction of sp³-hybridized carbons (Fsp3) is 0.462. The minimum Gasteiger partial charge on any atom is -0.459 e. The van der Waals surface area contributed by atoms with Crippen LogP contribution in [0, 0.1) is 0 Å². The summed E-state index contributed by atoms with van der Waals surface area (Å²) < 4.78 is 29.9. The highest BCUT2D eigenvalue weighted by Gasteiger charge is 2.36. The molecule has 1 aromatic carbocycles. The van der Waals surface area contributed by atoms with Crippen molar-refractivity contribution in [3.63, 3.8) is 0 Å². The van der Waals surface area contributed by atoms with Gasteiger partial charge in [-0.2, -0.15) is 0 Å². The number of ether oxygens (including phenoxy) is 1. The maximum atomic E-state index is 12.4. The second-order valence-electron chi connectivity index (χ2n) is 5.27. The van der Waals surface area contributed by atoms with Crippen LogP contribution in [0.5, 0.6) is 0 Å². The molecule has 0 radical (unpaired) electrons. The average molecular weight is 339 g/mol. The lowest BCUT2D eigenvalue weighted by Gasteiger charge is -2.22. The zero-order chi connectivity index (χ0) is 15.7. The largest absolute Gasteiger partial charge is 0.459 e. The summed E-state index contributed by atoms with van der Waals surface area (Å²) >= 11 is 11.8. The Kier molecular flexibility index (Phi) is 5.11. The van der Waals surface area contributed by atoms with Crippen molar-refractivity contribution in [2.24, 2.45) is 0 Å². The second-order valence-corrected chi connectivity index (χ2v) is 8.29. The molecule has 0 fully saturated rings. The van der Waals surface area contributed by atoms with Crippen molar-refractivity contribution >= 4 is 39.0 Å². The van der Waals surface area contributed by atoms with Crippen molar-refractivity contribution in [2.45, 2.75) is 43.4 Å². The van der Waals surface area contributed by atoms with E-state index in [9.17, 15) is 13.2 Å². The molecule has 0 saturated carbocycles. The number of esters is 1. The first kappa shape index (κ1) is 17.3. The van der Waals surface area contributed by atoms with E-state index in [2.05, 4.69) is 0 Å². The molecule has 0 aromatic heterocycles. The lowest BCUT2D eigenvalue weighted by Crippen LogP contribution is -2.35. The van der Waals surface area contributed by atoms with Crippen LogP contribution in [0.2, 0.25) is 10.0 Å². The van der Waals surface area contributed by atoms with Gasteiger partial charge in [-0.15, -0.1) is 0 Å². The lowest BCUT2D eigenvalue weighted by molar-refractivity contribution is -0.153. The van der Waals surface area contributed by atoms with Gasteiger partial charge in [0.25, 0.3) is 0 Å². The molecule has 1 atom stereocenters. The van der Waals surface area contributed by atoms with Crippen LogP contribution in [0.25, 0.3) is 0 Å². The molecule has 0 spiro atoms. The molecule has 112 valence electrons. The second kappa shape index (κ2) is 5.92. The standard InChI is InChI=1S/C13H16Cl2O4S/c1-8(12(16)19-13(2,3)4)20(17,18)11-9(14)6-5-7-10(11)15/h5-8H,1-4H3. The van der Waals surface area contributed by atoms with E-state index in [-0.39, 0.29) is 14.9 Å². The van der Waals surface area contributed by atoms with E-state index in [0.717, 1.165) is 0 Å². The Labute approximate surface area is 128 Å². The van der Waals surface area contributed by atoms with E-state index in [0.29, 0.717) is 0 Å². The normalized spacial score (nSPS) is 13.9. The molecule has 0 aliphatic carbocycles. The Morgan fingerprint density at radius 2 is 1.65 bits per heavy atom. The summed E-state index contributed by atoms with van der Waals surface area (Å²) in [6, 6.07) is 4.34. The van der Waals surface area contributed by atoms with Crippen molar-refractivity contribution in [3.05, 3.63) is 28.2 Å². The van der Waals surface area contributed by atoms with Crippen LogP contribution in [0.15, 0.2) is 23.1 Å². The smallest absolute Gasteiger partial charge is 0.324 e. The predicted molar refractivity (Wildman–Crippen MR) is 79.0 cm³/mol. The lowest BCUT2D eigenvalue weighted by atomic mass is 10.2. The maximum Gasteiger partial charge on any atom is 0.324 e. The molecular weight excluding hydrogens is 323 g/mol. The molecule has 4 nitrogen and oxygen atoms in total. The van der Waals surface area contributed by atoms with E-state index in [1.54, 1.807) is 20.8 Å². The fourth-order valence-corrected chi connectivity index (χ4v) is 3.82. The third kappa shape index (κ3) is 3.87. The van der Waals surface area contributed by atoms with Crippen LogP contribution in [-0.4, -0.2) is 25.2 Å². The molecule has 0 amide bonds. The molecule has 1 rings (SSSR count). The Hall–Kier alpha value is -0.780. The van der Waals surface area contributed by atoms with E-state index in [4.69, 9.17) is 27.9 Å². The number of halogens is 2.